The lowest BCUT2D eigenvalue weighted by molar-refractivity contribution is -0.144. The maximum absolute atomic E-state index is 12.6. The number of hydrogen-bond acceptors (Lipinski definition) is 8. The first-order valence-electron chi connectivity index (χ1n) is 9.42. The molecule has 3 rings (SSSR count). The van der Waals surface area contributed by atoms with Gasteiger partial charge < -0.3 is 14.2 Å². The molecule has 1 aromatic carbocycles. The van der Waals surface area contributed by atoms with Gasteiger partial charge in [0.15, 0.2) is 0 Å². The van der Waals surface area contributed by atoms with Crippen LogP contribution in [-0.4, -0.2) is 79.1 Å². The molecular weight excluding hydrogens is 448 g/mol. The number of halogens is 1. The predicted molar refractivity (Wildman–Crippen MR) is 123 cm³/mol. The predicted octanol–water partition coefficient (Wildman–Crippen LogP) is 2.58. The van der Waals surface area contributed by atoms with Crippen LogP contribution in [0, 0.1) is 0 Å². The first kappa shape index (κ1) is 24.6. The van der Waals surface area contributed by atoms with Crippen LogP contribution in [0.2, 0.25) is 0 Å². The van der Waals surface area contributed by atoms with Gasteiger partial charge in [0.25, 0.3) is 5.91 Å². The molecule has 10 heteroatoms. The number of thiocarbonyl (C=S) groups is 1. The third kappa shape index (κ3) is 6.95. The lowest BCUT2D eigenvalue weighted by Gasteiger charge is -2.26. The summed E-state index contributed by atoms with van der Waals surface area (Å²) in [7, 11) is 1.60. The van der Waals surface area contributed by atoms with Gasteiger partial charge in [0, 0.05) is 26.2 Å². The summed E-state index contributed by atoms with van der Waals surface area (Å²) in [5, 5.41) is 0. The van der Waals surface area contributed by atoms with Crippen molar-refractivity contribution >= 4 is 58.7 Å². The van der Waals surface area contributed by atoms with E-state index in [0.717, 1.165) is 24.4 Å². The summed E-state index contributed by atoms with van der Waals surface area (Å²) in [6, 6.07) is 7.41. The minimum Gasteiger partial charge on any atom is -0.497 e. The molecule has 0 N–H and O–H groups in total. The highest BCUT2D eigenvalue weighted by Crippen LogP contribution is 2.32. The first-order chi connectivity index (χ1) is 14.1. The van der Waals surface area contributed by atoms with Gasteiger partial charge in [0.1, 0.15) is 16.7 Å². The number of ether oxygens (including phenoxy) is 3. The Morgan fingerprint density at radius 1 is 1.23 bits per heavy atom. The zero-order valence-corrected chi connectivity index (χ0v) is 19.2. The van der Waals surface area contributed by atoms with Crippen molar-refractivity contribution in [3.8, 4) is 5.75 Å². The molecule has 1 aromatic rings. The molecular formula is C20H25ClN2O5S2. The minimum atomic E-state index is -0.327. The van der Waals surface area contributed by atoms with E-state index in [-0.39, 0.29) is 37.2 Å². The van der Waals surface area contributed by atoms with Crippen molar-refractivity contribution in [1.82, 2.24) is 9.80 Å². The molecule has 0 aromatic heterocycles. The normalized spacial score (nSPS) is 18.4. The third-order valence-corrected chi connectivity index (χ3v) is 5.98. The largest absolute Gasteiger partial charge is 0.497 e. The molecule has 164 valence electrons. The number of nitrogens with zero attached hydrogens (tertiary/aromatic N) is 2. The van der Waals surface area contributed by atoms with Crippen LogP contribution >= 0.6 is 36.4 Å². The average Bonchev–Trinajstić information content (AvgIpc) is 3.00. The van der Waals surface area contributed by atoms with Crippen LogP contribution in [0.25, 0.3) is 6.08 Å². The van der Waals surface area contributed by atoms with Crippen molar-refractivity contribution in [2.75, 3.05) is 53.1 Å². The lowest BCUT2D eigenvalue weighted by atomic mass is 10.2. The van der Waals surface area contributed by atoms with Gasteiger partial charge in [-0.15, -0.1) is 12.4 Å². The monoisotopic (exact) mass is 472 g/mol. The summed E-state index contributed by atoms with van der Waals surface area (Å²) in [5.41, 5.74) is 0.883. The second-order valence-corrected chi connectivity index (χ2v) is 8.21. The highest BCUT2D eigenvalue weighted by Gasteiger charge is 2.32. The molecule has 0 spiro atoms. The number of carbonyl (C=O) groups excluding carboxylic acids is 2. The fourth-order valence-corrected chi connectivity index (χ4v) is 4.24. The summed E-state index contributed by atoms with van der Waals surface area (Å²) in [6.07, 6.45) is 1.91. The van der Waals surface area contributed by atoms with Crippen molar-refractivity contribution in [3.63, 3.8) is 0 Å². The topological polar surface area (TPSA) is 68.3 Å². The quantitative estimate of drug-likeness (QED) is 0.325. The molecule has 0 saturated carbocycles. The van der Waals surface area contributed by atoms with Crippen molar-refractivity contribution < 1.29 is 23.8 Å². The number of rotatable bonds is 8. The Hall–Kier alpha value is -1.65. The van der Waals surface area contributed by atoms with Crippen molar-refractivity contribution in [2.24, 2.45) is 0 Å². The van der Waals surface area contributed by atoms with Crippen LogP contribution < -0.4 is 4.74 Å². The van der Waals surface area contributed by atoms with Gasteiger partial charge in [-0.25, -0.2) is 0 Å². The number of morpholine rings is 1. The number of amides is 1. The fourth-order valence-electron chi connectivity index (χ4n) is 2.93. The zero-order chi connectivity index (χ0) is 20.6. The first-order valence-corrected chi connectivity index (χ1v) is 10.6. The van der Waals surface area contributed by atoms with E-state index in [9.17, 15) is 9.59 Å². The molecule has 2 saturated heterocycles. The Morgan fingerprint density at radius 2 is 1.93 bits per heavy atom. The van der Waals surface area contributed by atoms with Crippen LogP contribution in [0.4, 0.5) is 0 Å². The minimum absolute atomic E-state index is 0. The Kier molecular flexibility index (Phi) is 10.1. The van der Waals surface area contributed by atoms with Crippen molar-refractivity contribution in [1.29, 1.82) is 0 Å². The average molecular weight is 473 g/mol. The van der Waals surface area contributed by atoms with Crippen molar-refractivity contribution in [3.05, 3.63) is 34.7 Å². The van der Waals surface area contributed by atoms with E-state index >= 15 is 0 Å². The molecule has 0 unspecified atom stereocenters. The highest BCUT2D eigenvalue weighted by molar-refractivity contribution is 8.26. The number of hydrogen-bond donors (Lipinski definition) is 0. The molecule has 2 aliphatic heterocycles. The Morgan fingerprint density at radius 3 is 2.60 bits per heavy atom. The number of benzene rings is 1. The SMILES string of the molecule is COc1ccc(/C=C2/SC(=S)N(CCC(=O)OCCN3CCOCC3)C2=O)cc1.Cl. The number of thioether (sulfide) groups is 1. The molecule has 2 fully saturated rings. The lowest BCUT2D eigenvalue weighted by Crippen LogP contribution is -2.38. The Labute approximate surface area is 192 Å². The van der Waals surface area contributed by atoms with Gasteiger partial charge in [-0.2, -0.15) is 0 Å². The summed E-state index contributed by atoms with van der Waals surface area (Å²) in [5.74, 6) is 0.241. The van der Waals surface area contributed by atoms with E-state index in [1.165, 1.54) is 16.7 Å². The molecule has 2 heterocycles. The molecule has 0 aliphatic carbocycles. The fraction of sp³-hybridized carbons (Fsp3) is 0.450. The maximum atomic E-state index is 12.6. The smallest absolute Gasteiger partial charge is 0.307 e. The molecule has 1 amide bonds. The van der Waals surface area contributed by atoms with Gasteiger partial charge in [0.2, 0.25) is 0 Å². The second kappa shape index (κ2) is 12.3. The zero-order valence-electron chi connectivity index (χ0n) is 16.7. The summed E-state index contributed by atoms with van der Waals surface area (Å²) >= 11 is 6.55. The number of methoxy groups -OCH3 is 1. The highest BCUT2D eigenvalue weighted by atomic mass is 35.5. The second-order valence-electron chi connectivity index (χ2n) is 6.53. The van der Waals surface area contributed by atoms with Crippen LogP contribution in [0.3, 0.4) is 0 Å². The summed E-state index contributed by atoms with van der Waals surface area (Å²) < 4.78 is 16.2. The van der Waals surface area contributed by atoms with E-state index in [4.69, 9.17) is 26.4 Å². The van der Waals surface area contributed by atoms with Crippen LogP contribution in [0.15, 0.2) is 29.2 Å². The van der Waals surface area contributed by atoms with Gasteiger partial charge in [-0.05, 0) is 23.8 Å². The number of esters is 1. The Bertz CT molecular complexity index is 782. The molecule has 30 heavy (non-hydrogen) atoms. The third-order valence-electron chi connectivity index (χ3n) is 4.60. The Balaban J connectivity index is 0.00000320. The molecule has 7 nitrogen and oxygen atoms in total. The molecule has 0 bridgehead atoms. The standard InChI is InChI=1S/C20H24N2O5S2.ClH/c1-25-16-4-2-15(3-5-16)14-17-19(24)22(20(28)29-17)7-6-18(23)27-13-10-21-8-11-26-12-9-21;/h2-5,14H,6-13H2,1H3;1H/b17-14+;. The summed E-state index contributed by atoms with van der Waals surface area (Å²) in [4.78, 5) is 28.8. The summed E-state index contributed by atoms with van der Waals surface area (Å²) in [6.45, 7) is 4.40. The molecule has 0 radical (unpaired) electrons. The number of carbonyl (C=O) groups is 2. The van der Waals surface area contributed by atoms with Crippen LogP contribution in [0.1, 0.15) is 12.0 Å². The van der Waals surface area contributed by atoms with Gasteiger partial charge >= 0.3 is 5.97 Å². The maximum Gasteiger partial charge on any atom is 0.307 e. The van der Waals surface area contributed by atoms with Gasteiger partial charge in [0.05, 0.1) is 31.6 Å². The van der Waals surface area contributed by atoms with E-state index in [2.05, 4.69) is 4.90 Å². The van der Waals surface area contributed by atoms with E-state index in [1.807, 2.05) is 24.3 Å². The van der Waals surface area contributed by atoms with E-state index in [1.54, 1.807) is 13.2 Å². The van der Waals surface area contributed by atoms with Gasteiger partial charge in [-0.1, -0.05) is 36.1 Å². The van der Waals surface area contributed by atoms with Crippen molar-refractivity contribution in [2.45, 2.75) is 6.42 Å². The van der Waals surface area contributed by atoms with E-state index < -0.39 is 0 Å². The van der Waals surface area contributed by atoms with Crippen LogP contribution in [-0.2, 0) is 19.1 Å². The van der Waals surface area contributed by atoms with E-state index in [0.29, 0.717) is 35.6 Å². The molecule has 0 atom stereocenters. The van der Waals surface area contributed by atoms with Gasteiger partial charge in [-0.3, -0.25) is 19.4 Å². The molecule has 2 aliphatic rings. The van der Waals surface area contributed by atoms with Crippen LogP contribution in [0.5, 0.6) is 5.75 Å².